The third-order valence-corrected chi connectivity index (χ3v) is 5.96. The van der Waals surface area contributed by atoms with Crippen LogP contribution in [0.4, 0.5) is 0 Å². The summed E-state index contributed by atoms with van der Waals surface area (Å²) < 4.78 is 0. The van der Waals surface area contributed by atoms with Crippen LogP contribution in [-0.2, 0) is 0 Å². The van der Waals surface area contributed by atoms with Crippen LogP contribution in [0.1, 0.15) is 34.1 Å². The molecular weight excluding hydrogens is 364 g/mol. The van der Waals surface area contributed by atoms with Crippen LogP contribution in [0, 0.1) is 0 Å². The van der Waals surface area contributed by atoms with Crippen molar-refractivity contribution < 1.29 is 0 Å². The molecule has 0 aliphatic rings. The zero-order valence-corrected chi connectivity index (χ0v) is 17.1. The average Bonchev–Trinajstić information content (AvgIpc) is 2.82. The van der Waals surface area contributed by atoms with Crippen molar-refractivity contribution in [3.63, 3.8) is 0 Å². The van der Waals surface area contributed by atoms with Gasteiger partial charge in [0, 0.05) is 23.9 Å². The van der Waals surface area contributed by atoms with Crippen LogP contribution in [0.25, 0.3) is 0 Å². The lowest BCUT2D eigenvalue weighted by Crippen LogP contribution is -2.57. The molecule has 0 aromatic heterocycles. The Kier molecular flexibility index (Phi) is 6.08. The molecule has 0 saturated heterocycles. The highest BCUT2D eigenvalue weighted by molar-refractivity contribution is 5.45. The van der Waals surface area contributed by atoms with E-state index in [0.717, 1.165) is 0 Å². The smallest absolute Gasteiger partial charge is 0.0499 e. The van der Waals surface area contributed by atoms with Gasteiger partial charge >= 0.3 is 0 Å². The molecule has 30 heavy (non-hydrogen) atoms. The third-order valence-electron chi connectivity index (χ3n) is 5.96. The maximum atomic E-state index is 7.39. The number of benzene rings is 4. The molecule has 0 aliphatic carbocycles. The maximum Gasteiger partial charge on any atom is 0.0499 e. The zero-order valence-electron chi connectivity index (χ0n) is 17.1. The molecule has 0 aliphatic heterocycles. The SMILES string of the molecule is NCC(N)(C(c1ccccc1)c1ccccc1)C(c1ccccc1)c1ccccc1. The number of rotatable bonds is 7. The van der Waals surface area contributed by atoms with Crippen LogP contribution >= 0.6 is 0 Å². The van der Waals surface area contributed by atoms with E-state index in [2.05, 4.69) is 97.1 Å². The molecular formula is C28H28N2. The first-order chi connectivity index (χ1) is 14.7. The van der Waals surface area contributed by atoms with E-state index in [0.29, 0.717) is 6.54 Å². The predicted octanol–water partition coefficient (Wildman–Crippen LogP) is 5.31. The lowest BCUT2D eigenvalue weighted by atomic mass is 9.64. The number of hydrogen-bond acceptors (Lipinski definition) is 2. The van der Waals surface area contributed by atoms with Crippen molar-refractivity contribution in [2.45, 2.75) is 17.4 Å². The standard InChI is InChI=1S/C28H28N2/c29-21-28(30,26(22-13-5-1-6-14-22)23-15-7-2-8-16-23)27(24-17-9-3-10-18-24)25-19-11-4-12-20-25/h1-20,26-27H,21,29-30H2. The molecule has 150 valence electrons. The van der Waals surface area contributed by atoms with E-state index in [1.165, 1.54) is 22.3 Å². The highest BCUT2D eigenvalue weighted by Gasteiger charge is 2.44. The van der Waals surface area contributed by atoms with Gasteiger partial charge in [0.2, 0.25) is 0 Å². The minimum Gasteiger partial charge on any atom is -0.329 e. The van der Waals surface area contributed by atoms with Gasteiger partial charge < -0.3 is 11.5 Å². The van der Waals surface area contributed by atoms with Gasteiger partial charge in [-0.1, -0.05) is 121 Å². The van der Waals surface area contributed by atoms with Crippen molar-refractivity contribution in [3.05, 3.63) is 144 Å². The monoisotopic (exact) mass is 392 g/mol. The van der Waals surface area contributed by atoms with Crippen molar-refractivity contribution in [2.75, 3.05) is 6.54 Å². The summed E-state index contributed by atoms with van der Waals surface area (Å²) in [5.74, 6) is -0.120. The summed E-state index contributed by atoms with van der Waals surface area (Å²) in [5, 5.41) is 0. The van der Waals surface area contributed by atoms with Gasteiger partial charge in [0.05, 0.1) is 0 Å². The lowest BCUT2D eigenvalue weighted by molar-refractivity contribution is 0.344. The molecule has 0 amide bonds. The van der Waals surface area contributed by atoms with Gasteiger partial charge in [-0.15, -0.1) is 0 Å². The average molecular weight is 393 g/mol. The maximum absolute atomic E-state index is 7.39. The first kappa shape index (κ1) is 20.1. The van der Waals surface area contributed by atoms with Crippen LogP contribution in [0.5, 0.6) is 0 Å². The molecule has 0 bridgehead atoms. The van der Waals surface area contributed by atoms with Crippen LogP contribution in [-0.4, -0.2) is 12.1 Å². The van der Waals surface area contributed by atoms with E-state index in [-0.39, 0.29) is 11.8 Å². The van der Waals surface area contributed by atoms with Crippen molar-refractivity contribution in [3.8, 4) is 0 Å². The van der Waals surface area contributed by atoms with E-state index in [4.69, 9.17) is 11.5 Å². The summed E-state index contributed by atoms with van der Waals surface area (Å²) >= 11 is 0. The van der Waals surface area contributed by atoms with Crippen molar-refractivity contribution in [1.82, 2.24) is 0 Å². The molecule has 0 radical (unpaired) electrons. The Bertz CT molecular complexity index is 869. The molecule has 4 aromatic carbocycles. The van der Waals surface area contributed by atoms with Crippen molar-refractivity contribution in [1.29, 1.82) is 0 Å². The molecule has 4 aromatic rings. The van der Waals surface area contributed by atoms with Gasteiger partial charge in [-0.3, -0.25) is 0 Å². The highest BCUT2D eigenvalue weighted by Crippen LogP contribution is 2.44. The second-order valence-corrected chi connectivity index (χ2v) is 7.83. The Morgan fingerprint density at radius 3 is 0.900 bits per heavy atom. The second kappa shape index (κ2) is 9.08. The quantitative estimate of drug-likeness (QED) is 0.448. The molecule has 0 saturated carbocycles. The molecule has 0 fully saturated rings. The Morgan fingerprint density at radius 1 is 0.467 bits per heavy atom. The first-order valence-electron chi connectivity index (χ1n) is 10.4. The van der Waals surface area contributed by atoms with Gasteiger partial charge in [-0.05, 0) is 22.3 Å². The summed E-state index contributed by atoms with van der Waals surface area (Å²) in [7, 11) is 0. The van der Waals surface area contributed by atoms with Gasteiger partial charge in [0.1, 0.15) is 0 Å². The van der Waals surface area contributed by atoms with Crippen LogP contribution in [0.15, 0.2) is 121 Å². The molecule has 4 rings (SSSR count). The fraction of sp³-hybridized carbons (Fsp3) is 0.143. The lowest BCUT2D eigenvalue weighted by Gasteiger charge is -2.44. The van der Waals surface area contributed by atoms with Gasteiger partial charge in [0.25, 0.3) is 0 Å². The summed E-state index contributed by atoms with van der Waals surface area (Å²) in [6.07, 6.45) is 0. The largest absolute Gasteiger partial charge is 0.329 e. The molecule has 0 heterocycles. The Morgan fingerprint density at radius 2 is 0.700 bits per heavy atom. The molecule has 0 atom stereocenters. The van der Waals surface area contributed by atoms with Crippen LogP contribution in [0.2, 0.25) is 0 Å². The fourth-order valence-corrected chi connectivity index (χ4v) is 4.61. The molecule has 4 N–H and O–H groups in total. The van der Waals surface area contributed by atoms with E-state index in [1.807, 2.05) is 24.3 Å². The topological polar surface area (TPSA) is 52.0 Å². The van der Waals surface area contributed by atoms with Gasteiger partial charge in [-0.25, -0.2) is 0 Å². The molecule has 0 spiro atoms. The van der Waals surface area contributed by atoms with Gasteiger partial charge in [-0.2, -0.15) is 0 Å². The summed E-state index contributed by atoms with van der Waals surface area (Å²) in [6.45, 7) is 0.343. The minimum absolute atomic E-state index is 0.0599. The van der Waals surface area contributed by atoms with Gasteiger partial charge in [0.15, 0.2) is 0 Å². The summed E-state index contributed by atoms with van der Waals surface area (Å²) in [5.41, 5.74) is 17.9. The molecule has 2 nitrogen and oxygen atoms in total. The summed E-state index contributed by atoms with van der Waals surface area (Å²) in [6, 6.07) is 42.0. The summed E-state index contributed by atoms with van der Waals surface area (Å²) in [4.78, 5) is 0. The normalized spacial score (nSPS) is 11.7. The molecule has 2 heteroatoms. The van der Waals surface area contributed by atoms with E-state index in [9.17, 15) is 0 Å². The molecule has 0 unspecified atom stereocenters. The highest BCUT2D eigenvalue weighted by atomic mass is 14.8. The third kappa shape index (κ3) is 3.93. The fourth-order valence-electron chi connectivity index (χ4n) is 4.61. The van der Waals surface area contributed by atoms with E-state index >= 15 is 0 Å². The predicted molar refractivity (Wildman–Crippen MR) is 125 cm³/mol. The Balaban J connectivity index is 1.95. The van der Waals surface area contributed by atoms with E-state index < -0.39 is 5.54 Å². The number of hydrogen-bond donors (Lipinski definition) is 2. The van der Waals surface area contributed by atoms with Crippen LogP contribution < -0.4 is 11.5 Å². The first-order valence-corrected chi connectivity index (χ1v) is 10.4. The number of nitrogens with two attached hydrogens (primary N) is 2. The van der Waals surface area contributed by atoms with Crippen molar-refractivity contribution >= 4 is 0 Å². The van der Waals surface area contributed by atoms with Crippen molar-refractivity contribution in [2.24, 2.45) is 11.5 Å². The zero-order chi connectivity index (χ0) is 20.8. The Hall–Kier alpha value is -3.20. The Labute approximate surface area is 179 Å². The minimum atomic E-state index is -0.731. The van der Waals surface area contributed by atoms with Crippen LogP contribution in [0.3, 0.4) is 0 Å². The van der Waals surface area contributed by atoms with E-state index in [1.54, 1.807) is 0 Å². The second-order valence-electron chi connectivity index (χ2n) is 7.83.